The molecule has 0 radical (unpaired) electrons. The Morgan fingerprint density at radius 2 is 1.56 bits per heavy atom. The number of rotatable bonds is 2. The quantitative estimate of drug-likeness (QED) is 0.788. The molecule has 1 heterocycles. The summed E-state index contributed by atoms with van der Waals surface area (Å²) in [6.07, 6.45) is 0. The summed E-state index contributed by atoms with van der Waals surface area (Å²) in [5.74, 6) is 0.0607. The molecule has 96 valence electrons. The molecule has 2 heteroatoms. The molecule has 0 unspecified atom stereocenters. The third kappa shape index (κ3) is 3.10. The summed E-state index contributed by atoms with van der Waals surface area (Å²) in [6.45, 7) is 9.92. The maximum atomic E-state index is 12.2. The molecule has 0 bridgehead atoms. The number of aromatic nitrogens is 1. The van der Waals surface area contributed by atoms with Gasteiger partial charge in [0.15, 0.2) is 0 Å². The van der Waals surface area contributed by atoms with Crippen molar-refractivity contribution in [3.8, 4) is 0 Å². The summed E-state index contributed by atoms with van der Waals surface area (Å²) >= 11 is 0. The van der Waals surface area contributed by atoms with Crippen LogP contribution < -0.4 is 0 Å². The first-order chi connectivity index (χ1) is 8.58. The number of nitrogens with one attached hydrogen (secondary N) is 1. The first kappa shape index (κ1) is 14.2. The van der Waals surface area contributed by atoms with Crippen LogP contribution in [-0.2, 0) is 0 Å². The van der Waals surface area contributed by atoms with E-state index in [-0.39, 0.29) is 5.78 Å². The molecule has 0 atom stereocenters. The van der Waals surface area contributed by atoms with Crippen LogP contribution in [0.2, 0.25) is 0 Å². The molecule has 18 heavy (non-hydrogen) atoms. The number of H-pyrrole nitrogens is 1. The maximum Gasteiger partial charge on any atom is 0.209 e. The second-order valence-electron chi connectivity index (χ2n) is 4.21. The van der Waals surface area contributed by atoms with Crippen molar-refractivity contribution < 1.29 is 4.79 Å². The van der Waals surface area contributed by atoms with Gasteiger partial charge in [0, 0.05) is 11.3 Å². The summed E-state index contributed by atoms with van der Waals surface area (Å²) in [7, 11) is 0. The van der Waals surface area contributed by atoms with Crippen LogP contribution in [0.25, 0.3) is 0 Å². The predicted molar refractivity (Wildman–Crippen MR) is 76.2 cm³/mol. The van der Waals surface area contributed by atoms with Gasteiger partial charge in [-0.15, -0.1) is 0 Å². The number of carbonyl (C=O) groups is 1. The van der Waals surface area contributed by atoms with Crippen molar-refractivity contribution in [1.29, 1.82) is 0 Å². The van der Waals surface area contributed by atoms with E-state index in [1.807, 2.05) is 65.0 Å². The van der Waals surface area contributed by atoms with Gasteiger partial charge in [-0.25, -0.2) is 0 Å². The molecule has 0 aliphatic heterocycles. The topological polar surface area (TPSA) is 32.9 Å². The summed E-state index contributed by atoms with van der Waals surface area (Å²) in [5, 5.41) is 0. The molecule has 0 saturated carbocycles. The normalized spacial score (nSPS) is 9.61. The minimum absolute atomic E-state index is 0.0607. The zero-order chi connectivity index (χ0) is 13.7. The molecule has 2 rings (SSSR count). The van der Waals surface area contributed by atoms with E-state index in [4.69, 9.17) is 0 Å². The molecule has 0 aliphatic rings. The number of hydrogen-bond donors (Lipinski definition) is 1. The SMILES string of the molecule is CC.Cc1ccc(C(=O)c2[nH]c(C)cc2C)cc1. The summed E-state index contributed by atoms with van der Waals surface area (Å²) in [5.41, 5.74) is 4.61. The fourth-order valence-electron chi connectivity index (χ4n) is 1.81. The van der Waals surface area contributed by atoms with E-state index in [2.05, 4.69) is 4.98 Å². The van der Waals surface area contributed by atoms with E-state index >= 15 is 0 Å². The van der Waals surface area contributed by atoms with Crippen molar-refractivity contribution in [3.05, 3.63) is 58.4 Å². The van der Waals surface area contributed by atoms with Gasteiger partial charge in [0.05, 0.1) is 5.69 Å². The van der Waals surface area contributed by atoms with E-state index in [1.165, 1.54) is 0 Å². The monoisotopic (exact) mass is 243 g/mol. The Hall–Kier alpha value is -1.83. The largest absolute Gasteiger partial charge is 0.356 e. The number of ketones is 1. The van der Waals surface area contributed by atoms with Gasteiger partial charge >= 0.3 is 0 Å². The first-order valence-corrected chi connectivity index (χ1v) is 6.35. The van der Waals surface area contributed by atoms with Crippen molar-refractivity contribution >= 4 is 5.78 Å². The summed E-state index contributed by atoms with van der Waals surface area (Å²) < 4.78 is 0. The zero-order valence-corrected chi connectivity index (χ0v) is 11.8. The molecule has 1 aromatic heterocycles. The predicted octanol–water partition coefficient (Wildman–Crippen LogP) is 4.20. The highest BCUT2D eigenvalue weighted by atomic mass is 16.1. The minimum atomic E-state index is 0.0607. The lowest BCUT2D eigenvalue weighted by molar-refractivity contribution is 0.103. The van der Waals surface area contributed by atoms with Gasteiger partial charge in [-0.3, -0.25) is 4.79 Å². The number of aryl methyl sites for hydroxylation is 3. The van der Waals surface area contributed by atoms with E-state index in [0.717, 1.165) is 22.4 Å². The first-order valence-electron chi connectivity index (χ1n) is 6.35. The Kier molecular flexibility index (Phi) is 4.90. The third-order valence-electron chi connectivity index (χ3n) is 2.69. The van der Waals surface area contributed by atoms with Gasteiger partial charge in [0.25, 0.3) is 0 Å². The standard InChI is InChI=1S/C14H15NO.C2H6/c1-9-4-6-12(7-5-9)14(16)13-10(2)8-11(3)15-13;1-2/h4-8,15H,1-3H3;1-2H3. The summed E-state index contributed by atoms with van der Waals surface area (Å²) in [4.78, 5) is 15.3. The number of carbonyl (C=O) groups excluding carboxylic acids is 1. The Labute approximate surface area is 109 Å². The van der Waals surface area contributed by atoms with Crippen LogP contribution in [0.15, 0.2) is 30.3 Å². The fourth-order valence-corrected chi connectivity index (χ4v) is 1.81. The Balaban J connectivity index is 0.000000771. The highest BCUT2D eigenvalue weighted by Crippen LogP contribution is 2.14. The third-order valence-corrected chi connectivity index (χ3v) is 2.69. The molecule has 0 amide bonds. The molecule has 2 aromatic rings. The zero-order valence-electron chi connectivity index (χ0n) is 11.8. The smallest absolute Gasteiger partial charge is 0.209 e. The average molecular weight is 243 g/mol. The fraction of sp³-hybridized carbons (Fsp3) is 0.312. The average Bonchev–Trinajstić information content (AvgIpc) is 2.71. The van der Waals surface area contributed by atoms with Crippen LogP contribution in [0.3, 0.4) is 0 Å². The van der Waals surface area contributed by atoms with Crippen LogP contribution >= 0.6 is 0 Å². The van der Waals surface area contributed by atoms with Gasteiger partial charge in [-0.2, -0.15) is 0 Å². The van der Waals surface area contributed by atoms with Crippen LogP contribution in [0.1, 0.15) is 46.7 Å². The number of benzene rings is 1. The van der Waals surface area contributed by atoms with Crippen molar-refractivity contribution in [2.75, 3.05) is 0 Å². The molecule has 1 N–H and O–H groups in total. The number of hydrogen-bond acceptors (Lipinski definition) is 1. The van der Waals surface area contributed by atoms with E-state index in [9.17, 15) is 4.79 Å². The van der Waals surface area contributed by atoms with Gasteiger partial charge in [0.1, 0.15) is 0 Å². The molecule has 0 spiro atoms. The lowest BCUT2D eigenvalue weighted by atomic mass is 10.0. The Morgan fingerprint density at radius 3 is 2.00 bits per heavy atom. The van der Waals surface area contributed by atoms with E-state index in [0.29, 0.717) is 5.69 Å². The van der Waals surface area contributed by atoms with Crippen LogP contribution in [0, 0.1) is 20.8 Å². The van der Waals surface area contributed by atoms with Crippen LogP contribution in [-0.4, -0.2) is 10.8 Å². The second-order valence-corrected chi connectivity index (χ2v) is 4.21. The van der Waals surface area contributed by atoms with E-state index < -0.39 is 0 Å². The van der Waals surface area contributed by atoms with Crippen molar-refractivity contribution in [1.82, 2.24) is 4.98 Å². The number of aromatic amines is 1. The molecule has 2 nitrogen and oxygen atoms in total. The van der Waals surface area contributed by atoms with Crippen LogP contribution in [0.4, 0.5) is 0 Å². The van der Waals surface area contributed by atoms with Gasteiger partial charge in [0.2, 0.25) is 5.78 Å². The molecule has 1 aromatic carbocycles. The molecule has 0 saturated heterocycles. The van der Waals surface area contributed by atoms with Gasteiger partial charge in [-0.1, -0.05) is 43.7 Å². The lowest BCUT2D eigenvalue weighted by Crippen LogP contribution is -2.03. The highest BCUT2D eigenvalue weighted by Gasteiger charge is 2.13. The molecular formula is C16H21NO. The molecule has 0 aliphatic carbocycles. The highest BCUT2D eigenvalue weighted by molar-refractivity contribution is 6.08. The minimum Gasteiger partial charge on any atom is -0.356 e. The van der Waals surface area contributed by atoms with Crippen molar-refractivity contribution in [3.63, 3.8) is 0 Å². The van der Waals surface area contributed by atoms with Gasteiger partial charge in [-0.05, 0) is 32.4 Å². The Morgan fingerprint density at radius 1 is 1.00 bits per heavy atom. The summed E-state index contributed by atoms with van der Waals surface area (Å²) in [6, 6.07) is 9.64. The van der Waals surface area contributed by atoms with E-state index in [1.54, 1.807) is 0 Å². The Bertz CT molecular complexity index is 521. The second kappa shape index (κ2) is 6.20. The van der Waals surface area contributed by atoms with Crippen molar-refractivity contribution in [2.45, 2.75) is 34.6 Å². The lowest BCUT2D eigenvalue weighted by Gasteiger charge is -2.01. The maximum absolute atomic E-state index is 12.2. The van der Waals surface area contributed by atoms with Gasteiger partial charge < -0.3 is 4.98 Å². The molecule has 0 fully saturated rings. The van der Waals surface area contributed by atoms with Crippen LogP contribution in [0.5, 0.6) is 0 Å². The van der Waals surface area contributed by atoms with Crippen molar-refractivity contribution in [2.24, 2.45) is 0 Å². The molecular weight excluding hydrogens is 222 g/mol.